The molecule has 0 spiro atoms. The Morgan fingerprint density at radius 3 is 2.28 bits per heavy atom. The zero-order valence-electron chi connectivity index (χ0n) is 25.1. The molecule has 1 saturated heterocycles. The van der Waals surface area contributed by atoms with Gasteiger partial charge in [-0.2, -0.15) is 23.1 Å². The predicted molar refractivity (Wildman–Crippen MR) is 171 cm³/mol. The topological polar surface area (TPSA) is 135 Å². The van der Waals surface area contributed by atoms with Gasteiger partial charge in [0.05, 0.1) is 17.6 Å². The molecule has 3 aromatic rings. The van der Waals surface area contributed by atoms with E-state index in [4.69, 9.17) is 25.5 Å². The molecule has 0 atom stereocenters. The molecular formula is C29H39Cl2F4N9O2. The van der Waals surface area contributed by atoms with E-state index in [1.165, 1.54) is 17.9 Å². The van der Waals surface area contributed by atoms with E-state index in [-0.39, 0.29) is 42.9 Å². The van der Waals surface area contributed by atoms with Crippen LogP contribution in [-0.2, 0) is 11.0 Å². The molecule has 11 nitrogen and oxygen atoms in total. The van der Waals surface area contributed by atoms with Gasteiger partial charge in [0.2, 0.25) is 5.95 Å². The summed E-state index contributed by atoms with van der Waals surface area (Å²) in [4.78, 5) is 32.0. The summed E-state index contributed by atoms with van der Waals surface area (Å²) < 4.78 is 55.2. The first kappa shape index (κ1) is 35.7. The van der Waals surface area contributed by atoms with E-state index in [9.17, 15) is 22.4 Å². The second-order valence-electron chi connectivity index (χ2n) is 12.0. The molecule has 0 bridgehead atoms. The van der Waals surface area contributed by atoms with Gasteiger partial charge in [0.15, 0.2) is 17.0 Å². The number of nitrogens with two attached hydrogens (primary N) is 1. The number of benzene rings is 1. The van der Waals surface area contributed by atoms with Crippen LogP contribution < -0.4 is 21.7 Å². The largest absolute Gasteiger partial charge is 0.430 e. The minimum Gasteiger partial charge on any atom is -0.365 e. The average Bonchev–Trinajstić information content (AvgIpc) is 3.66. The monoisotopic (exact) mass is 691 g/mol. The fraction of sp³-hybridized carbons (Fsp3) is 0.586. The number of hydrogen-bond donors (Lipinski definition) is 4. The third-order valence-electron chi connectivity index (χ3n) is 8.78. The van der Waals surface area contributed by atoms with Crippen LogP contribution >= 0.6 is 24.8 Å². The number of aromatic nitrogens is 4. The van der Waals surface area contributed by atoms with Crippen LogP contribution in [-0.4, -0.2) is 61.9 Å². The van der Waals surface area contributed by atoms with Crippen molar-refractivity contribution in [2.24, 2.45) is 5.73 Å². The van der Waals surface area contributed by atoms with Crippen molar-refractivity contribution in [2.45, 2.75) is 94.6 Å². The van der Waals surface area contributed by atoms with Crippen molar-refractivity contribution in [1.29, 1.82) is 0 Å². The van der Waals surface area contributed by atoms with Gasteiger partial charge in [0, 0.05) is 37.3 Å². The number of amides is 1. The lowest BCUT2D eigenvalue weighted by Crippen LogP contribution is -2.41. The molecule has 1 amide bonds. The van der Waals surface area contributed by atoms with Gasteiger partial charge < -0.3 is 25.8 Å². The molecule has 3 heterocycles. The number of hydroxylamine groups is 2. The van der Waals surface area contributed by atoms with Gasteiger partial charge in [0.25, 0.3) is 0 Å². The second-order valence-corrected chi connectivity index (χ2v) is 12.0. The number of piperidine rings is 1. The summed E-state index contributed by atoms with van der Waals surface area (Å²) in [6.07, 6.45) is 5.66. The number of carbonyl (C=O) groups excluding carboxylic acids is 1. The van der Waals surface area contributed by atoms with Crippen LogP contribution in [0.25, 0.3) is 11.2 Å². The number of halogens is 6. The van der Waals surface area contributed by atoms with Crippen molar-refractivity contribution < 1.29 is 27.2 Å². The Hall–Kier alpha value is -3.14. The summed E-state index contributed by atoms with van der Waals surface area (Å²) in [5, 5.41) is 10.5. The number of imidazole rings is 1. The van der Waals surface area contributed by atoms with Crippen molar-refractivity contribution in [3.63, 3.8) is 0 Å². The molecule has 1 aliphatic heterocycles. The number of carbonyl (C=O) groups is 1. The molecule has 254 valence electrons. The van der Waals surface area contributed by atoms with E-state index < -0.39 is 29.3 Å². The number of fused-ring (bicyclic) bond motifs is 1. The summed E-state index contributed by atoms with van der Waals surface area (Å²) in [7, 11) is 0. The first-order chi connectivity index (χ1) is 21.1. The quantitative estimate of drug-likeness (QED) is 0.201. The van der Waals surface area contributed by atoms with Gasteiger partial charge in [-0.25, -0.2) is 14.2 Å². The SMILES string of the molecule is Cl.Cl.N[C@H]1CC[C@H](Nc2nc(NC3CCN(OC(=O)Nc4cc(C(F)(F)F)ccc4F)CC3)c3ncn(C4CCCC4)c3n2)CC1. The summed E-state index contributed by atoms with van der Waals surface area (Å²) in [6, 6.07) is 2.64. The Kier molecular flexibility index (Phi) is 11.8. The van der Waals surface area contributed by atoms with Crippen LogP contribution in [0.15, 0.2) is 24.5 Å². The molecule has 0 radical (unpaired) electrons. The lowest BCUT2D eigenvalue weighted by Gasteiger charge is -2.31. The second kappa shape index (κ2) is 15.2. The molecule has 3 aliphatic rings. The van der Waals surface area contributed by atoms with Gasteiger partial charge in [-0.3, -0.25) is 5.32 Å². The smallest absolute Gasteiger partial charge is 0.365 e. The molecule has 6 rings (SSSR count). The molecule has 46 heavy (non-hydrogen) atoms. The number of rotatable bonds is 7. The zero-order chi connectivity index (χ0) is 30.8. The minimum absolute atomic E-state index is 0. The van der Waals surface area contributed by atoms with Gasteiger partial charge in [-0.1, -0.05) is 12.8 Å². The Bertz CT molecular complexity index is 1470. The normalized spacial score (nSPS) is 21.3. The number of nitrogens with zero attached hydrogens (tertiary/aromatic N) is 5. The van der Waals surface area contributed by atoms with Crippen molar-refractivity contribution >= 4 is 59.5 Å². The minimum atomic E-state index is -4.67. The predicted octanol–water partition coefficient (Wildman–Crippen LogP) is 6.66. The number of alkyl halides is 3. The molecule has 2 aromatic heterocycles. The van der Waals surface area contributed by atoms with Gasteiger partial charge in [-0.15, -0.1) is 29.9 Å². The van der Waals surface area contributed by atoms with E-state index in [1.807, 2.05) is 6.33 Å². The van der Waals surface area contributed by atoms with Crippen molar-refractivity contribution in [1.82, 2.24) is 24.6 Å². The van der Waals surface area contributed by atoms with Crippen LogP contribution in [0.3, 0.4) is 0 Å². The molecule has 17 heteroatoms. The van der Waals surface area contributed by atoms with Crippen LogP contribution in [0.2, 0.25) is 0 Å². The van der Waals surface area contributed by atoms with Crippen molar-refractivity contribution in [2.75, 3.05) is 29.0 Å². The maximum atomic E-state index is 14.0. The highest BCUT2D eigenvalue weighted by atomic mass is 35.5. The molecular weight excluding hydrogens is 653 g/mol. The highest BCUT2D eigenvalue weighted by Crippen LogP contribution is 2.34. The first-order valence-corrected chi connectivity index (χ1v) is 15.3. The van der Waals surface area contributed by atoms with E-state index >= 15 is 0 Å². The van der Waals surface area contributed by atoms with Gasteiger partial charge in [0.1, 0.15) is 5.82 Å². The van der Waals surface area contributed by atoms with Crippen LogP contribution in [0, 0.1) is 5.82 Å². The van der Waals surface area contributed by atoms with Crippen molar-refractivity contribution in [3.8, 4) is 0 Å². The molecule has 3 fully saturated rings. The number of nitrogens with one attached hydrogen (secondary N) is 3. The lowest BCUT2D eigenvalue weighted by atomic mass is 9.92. The average molecular weight is 693 g/mol. The number of hydrogen-bond acceptors (Lipinski definition) is 9. The molecule has 5 N–H and O–H groups in total. The molecule has 2 aliphatic carbocycles. The first-order valence-electron chi connectivity index (χ1n) is 15.3. The maximum Gasteiger partial charge on any atom is 0.430 e. The van der Waals surface area contributed by atoms with Crippen LogP contribution in [0.5, 0.6) is 0 Å². The summed E-state index contributed by atoms with van der Waals surface area (Å²) in [6.45, 7) is 0.711. The van der Waals surface area contributed by atoms with Gasteiger partial charge >= 0.3 is 12.3 Å². The third-order valence-corrected chi connectivity index (χ3v) is 8.78. The zero-order valence-corrected chi connectivity index (χ0v) is 26.7. The number of anilines is 3. The van der Waals surface area contributed by atoms with E-state index in [0.29, 0.717) is 67.5 Å². The maximum absolute atomic E-state index is 14.0. The van der Waals surface area contributed by atoms with E-state index in [0.717, 1.165) is 44.2 Å². The third kappa shape index (κ3) is 8.41. The molecule has 0 unspecified atom stereocenters. The summed E-state index contributed by atoms with van der Waals surface area (Å²) >= 11 is 0. The standard InChI is InChI=1S/C29H37F4N9O2.2ClH/c30-22-10-5-17(29(31,32)33)15-23(22)38-28(43)44-41-13-11-20(12-14-41)36-25-24-26(42(16-35-24)21-3-1-2-4-21)40-27(39-25)37-19-8-6-18(34)7-9-19;;/h5,10,15-16,18-21H,1-4,6-9,11-14,34H2,(H,38,43)(H2,36,37,39,40);2*1H/t18-,19-;;. The highest BCUT2D eigenvalue weighted by Gasteiger charge is 2.32. The fourth-order valence-electron chi connectivity index (χ4n) is 6.31. The molecule has 2 saturated carbocycles. The Morgan fingerprint density at radius 1 is 0.935 bits per heavy atom. The van der Waals surface area contributed by atoms with Crippen molar-refractivity contribution in [3.05, 3.63) is 35.9 Å². The van der Waals surface area contributed by atoms with E-state index in [2.05, 4.69) is 20.5 Å². The molecule has 1 aromatic carbocycles. The van der Waals surface area contributed by atoms with Crippen LogP contribution in [0.4, 0.5) is 39.8 Å². The van der Waals surface area contributed by atoms with Gasteiger partial charge in [-0.05, 0) is 69.6 Å². The summed E-state index contributed by atoms with van der Waals surface area (Å²) in [5.41, 5.74) is 5.92. The Morgan fingerprint density at radius 2 is 1.61 bits per heavy atom. The Balaban J connectivity index is 0.00000240. The van der Waals surface area contributed by atoms with E-state index in [1.54, 1.807) is 0 Å². The van der Waals surface area contributed by atoms with Crippen LogP contribution in [0.1, 0.15) is 75.8 Å². The highest BCUT2D eigenvalue weighted by molar-refractivity contribution is 5.86. The summed E-state index contributed by atoms with van der Waals surface area (Å²) in [5.74, 6) is 0.198. The lowest BCUT2D eigenvalue weighted by molar-refractivity contribution is -0.137. The Labute approximate surface area is 276 Å². The fourth-order valence-corrected chi connectivity index (χ4v) is 6.31.